The van der Waals surface area contributed by atoms with Crippen molar-refractivity contribution in [1.82, 2.24) is 0 Å². The van der Waals surface area contributed by atoms with Gasteiger partial charge in [-0.1, -0.05) is 0 Å². The Morgan fingerprint density at radius 1 is 1.50 bits per heavy atom. The second-order valence-electron chi connectivity index (χ2n) is 1.81. The van der Waals surface area contributed by atoms with Crippen molar-refractivity contribution < 1.29 is 9.15 Å². The van der Waals surface area contributed by atoms with Crippen LogP contribution in [0.3, 0.4) is 0 Å². The van der Waals surface area contributed by atoms with Gasteiger partial charge in [-0.15, -0.1) is 0 Å². The molecule has 1 aliphatic heterocycles. The van der Waals surface area contributed by atoms with E-state index in [2.05, 4.69) is 0 Å². The first kappa shape index (κ1) is 4.01. The number of ether oxygens (including phenoxy) is 1. The van der Waals surface area contributed by atoms with E-state index < -0.39 is 0 Å². The summed E-state index contributed by atoms with van der Waals surface area (Å²) in [6.07, 6.45) is 2.59. The molecule has 2 heterocycles. The minimum Gasteiger partial charge on any atom is -0.489 e. The third-order valence-electron chi connectivity index (χ3n) is 1.29. The van der Waals surface area contributed by atoms with Crippen LogP contribution in [-0.4, -0.2) is 6.61 Å². The van der Waals surface area contributed by atoms with Crippen LogP contribution in [0.25, 0.3) is 0 Å². The highest BCUT2D eigenvalue weighted by Crippen LogP contribution is 2.24. The Morgan fingerprint density at radius 3 is 3.38 bits per heavy atom. The molecule has 0 unspecified atom stereocenters. The van der Waals surface area contributed by atoms with Gasteiger partial charge in [0, 0.05) is 12.5 Å². The molecule has 8 heavy (non-hydrogen) atoms. The van der Waals surface area contributed by atoms with Crippen molar-refractivity contribution in [1.29, 1.82) is 0 Å². The molecule has 0 bridgehead atoms. The molecule has 0 aliphatic carbocycles. The Kier molecular flexibility index (Phi) is 0.640. The molecule has 0 aromatic carbocycles. The Morgan fingerprint density at radius 2 is 2.50 bits per heavy atom. The maximum absolute atomic E-state index is 5.14. The Bertz CT molecular complexity index is 172. The van der Waals surface area contributed by atoms with Gasteiger partial charge in [0.15, 0.2) is 5.75 Å². The van der Waals surface area contributed by atoms with Crippen molar-refractivity contribution in [2.75, 3.05) is 6.61 Å². The fraction of sp³-hybridized carbons (Fsp3) is 0.333. The van der Waals surface area contributed by atoms with Gasteiger partial charge in [-0.05, 0) is 0 Å². The van der Waals surface area contributed by atoms with Gasteiger partial charge in [0.2, 0.25) is 0 Å². The maximum atomic E-state index is 5.14. The highest BCUT2D eigenvalue weighted by Gasteiger charge is 2.13. The standard InChI is InChI=1S/C6H6O2/c1-3-7-6-2-4-8-5(1)6/h1,3H,2,4H2. The van der Waals surface area contributed by atoms with Crippen molar-refractivity contribution in [3.8, 4) is 5.75 Å². The maximum Gasteiger partial charge on any atom is 0.160 e. The Hall–Kier alpha value is -0.920. The van der Waals surface area contributed by atoms with E-state index in [1.807, 2.05) is 6.07 Å². The zero-order valence-electron chi connectivity index (χ0n) is 4.39. The summed E-state index contributed by atoms with van der Waals surface area (Å²) in [4.78, 5) is 0. The van der Waals surface area contributed by atoms with E-state index >= 15 is 0 Å². The van der Waals surface area contributed by atoms with E-state index in [1.54, 1.807) is 6.26 Å². The van der Waals surface area contributed by atoms with Crippen LogP contribution >= 0.6 is 0 Å². The molecule has 0 spiro atoms. The van der Waals surface area contributed by atoms with Gasteiger partial charge in [0.1, 0.15) is 5.76 Å². The molecule has 1 aliphatic rings. The van der Waals surface area contributed by atoms with Gasteiger partial charge in [0.05, 0.1) is 12.9 Å². The van der Waals surface area contributed by atoms with Crippen molar-refractivity contribution in [3.05, 3.63) is 18.1 Å². The quantitative estimate of drug-likeness (QED) is 0.501. The van der Waals surface area contributed by atoms with Gasteiger partial charge in [-0.3, -0.25) is 0 Å². The molecule has 2 nitrogen and oxygen atoms in total. The average Bonchev–Trinajstić information content (AvgIpc) is 2.15. The molecular formula is C6H6O2. The van der Waals surface area contributed by atoms with Gasteiger partial charge < -0.3 is 9.15 Å². The summed E-state index contributed by atoms with van der Waals surface area (Å²) in [5, 5.41) is 0. The molecule has 0 fully saturated rings. The summed E-state index contributed by atoms with van der Waals surface area (Å²) in [7, 11) is 0. The molecule has 0 atom stereocenters. The van der Waals surface area contributed by atoms with E-state index in [0.717, 1.165) is 24.5 Å². The SMILES string of the molecule is c1cc2c(o1)CCO2. The lowest BCUT2D eigenvalue weighted by Gasteiger charge is -1.85. The van der Waals surface area contributed by atoms with Crippen molar-refractivity contribution in [2.24, 2.45) is 0 Å². The van der Waals surface area contributed by atoms with Crippen molar-refractivity contribution in [3.63, 3.8) is 0 Å². The molecule has 1 aromatic rings. The molecule has 1 aromatic heterocycles. The summed E-state index contributed by atoms with van der Waals surface area (Å²) < 4.78 is 10.2. The average molecular weight is 110 g/mol. The molecule has 2 rings (SSSR count). The lowest BCUT2D eigenvalue weighted by atomic mass is 10.4. The molecule has 42 valence electrons. The second-order valence-corrected chi connectivity index (χ2v) is 1.81. The van der Waals surface area contributed by atoms with E-state index in [0.29, 0.717) is 0 Å². The minimum absolute atomic E-state index is 0.787. The number of rotatable bonds is 0. The summed E-state index contributed by atoms with van der Waals surface area (Å²) >= 11 is 0. The smallest absolute Gasteiger partial charge is 0.160 e. The van der Waals surface area contributed by atoms with E-state index in [4.69, 9.17) is 9.15 Å². The monoisotopic (exact) mass is 110 g/mol. The molecule has 0 amide bonds. The van der Waals surface area contributed by atoms with Gasteiger partial charge in [-0.25, -0.2) is 0 Å². The van der Waals surface area contributed by atoms with Crippen LogP contribution in [0.2, 0.25) is 0 Å². The topological polar surface area (TPSA) is 22.4 Å². The summed E-state index contributed by atoms with van der Waals surface area (Å²) in [6, 6.07) is 1.85. The molecule has 0 saturated carbocycles. The van der Waals surface area contributed by atoms with Crippen LogP contribution in [0.4, 0.5) is 0 Å². The first-order chi connectivity index (χ1) is 3.97. The largest absolute Gasteiger partial charge is 0.489 e. The van der Waals surface area contributed by atoms with Gasteiger partial charge >= 0.3 is 0 Å². The van der Waals surface area contributed by atoms with Crippen LogP contribution in [0.5, 0.6) is 5.75 Å². The third-order valence-corrected chi connectivity index (χ3v) is 1.29. The van der Waals surface area contributed by atoms with Crippen LogP contribution in [0.15, 0.2) is 16.7 Å². The summed E-state index contributed by atoms with van der Waals surface area (Å²) in [5.74, 6) is 1.91. The molecule has 0 saturated heterocycles. The van der Waals surface area contributed by atoms with Crippen molar-refractivity contribution >= 4 is 0 Å². The van der Waals surface area contributed by atoms with Crippen LogP contribution in [0, 0.1) is 0 Å². The van der Waals surface area contributed by atoms with Crippen LogP contribution in [0.1, 0.15) is 5.76 Å². The van der Waals surface area contributed by atoms with Crippen LogP contribution < -0.4 is 4.74 Å². The van der Waals surface area contributed by atoms with Crippen LogP contribution in [-0.2, 0) is 6.42 Å². The first-order valence-electron chi connectivity index (χ1n) is 2.66. The van der Waals surface area contributed by atoms with Crippen molar-refractivity contribution in [2.45, 2.75) is 6.42 Å². The molecular weight excluding hydrogens is 104 g/mol. The highest BCUT2D eigenvalue weighted by molar-refractivity contribution is 5.27. The molecule has 2 heteroatoms. The molecule has 0 radical (unpaired) electrons. The lowest BCUT2D eigenvalue weighted by molar-refractivity contribution is 0.356. The minimum atomic E-state index is 0.787. The number of furan rings is 1. The van der Waals surface area contributed by atoms with Gasteiger partial charge in [-0.2, -0.15) is 0 Å². The predicted octanol–water partition coefficient (Wildman–Crippen LogP) is 1.21. The molecule has 0 N–H and O–H groups in total. The van der Waals surface area contributed by atoms with E-state index in [9.17, 15) is 0 Å². The Labute approximate surface area is 47.1 Å². The predicted molar refractivity (Wildman–Crippen MR) is 27.9 cm³/mol. The zero-order chi connectivity index (χ0) is 5.40. The first-order valence-corrected chi connectivity index (χ1v) is 2.66. The van der Waals surface area contributed by atoms with E-state index in [-0.39, 0.29) is 0 Å². The third kappa shape index (κ3) is 0.372. The summed E-state index contributed by atoms with van der Waals surface area (Å²) in [6.45, 7) is 0.787. The van der Waals surface area contributed by atoms with Gasteiger partial charge in [0.25, 0.3) is 0 Å². The lowest BCUT2D eigenvalue weighted by Crippen LogP contribution is -1.86. The second kappa shape index (κ2) is 1.28. The number of hydrogen-bond acceptors (Lipinski definition) is 2. The zero-order valence-corrected chi connectivity index (χ0v) is 4.39. The Balaban J connectivity index is 2.54. The fourth-order valence-corrected chi connectivity index (χ4v) is 0.893. The highest BCUT2D eigenvalue weighted by atomic mass is 16.5. The number of fused-ring (bicyclic) bond motifs is 1. The summed E-state index contributed by atoms with van der Waals surface area (Å²) in [5.41, 5.74) is 0. The number of hydrogen-bond donors (Lipinski definition) is 0. The van der Waals surface area contributed by atoms with E-state index in [1.165, 1.54) is 0 Å². The normalized spacial score (nSPS) is 15.5. The fourth-order valence-electron chi connectivity index (χ4n) is 0.893.